The summed E-state index contributed by atoms with van der Waals surface area (Å²) in [7, 11) is 0. The molecule has 3 aromatic heterocycles. The third kappa shape index (κ3) is 4.60. The van der Waals surface area contributed by atoms with Gasteiger partial charge in [-0.1, -0.05) is 39.2 Å². The second-order valence-corrected chi connectivity index (χ2v) is 8.97. The third-order valence-corrected chi connectivity index (χ3v) is 6.00. The summed E-state index contributed by atoms with van der Waals surface area (Å²) in [5.74, 6) is -0.822. The summed E-state index contributed by atoms with van der Waals surface area (Å²) in [6.07, 6.45) is 6.39. The molecule has 1 amide bonds. The zero-order valence-electron chi connectivity index (χ0n) is 19.4. The van der Waals surface area contributed by atoms with E-state index >= 15 is 0 Å². The van der Waals surface area contributed by atoms with Crippen LogP contribution in [0.4, 0.5) is 0 Å². The van der Waals surface area contributed by atoms with Crippen LogP contribution in [0.15, 0.2) is 40.2 Å². The van der Waals surface area contributed by atoms with Gasteiger partial charge in [0.2, 0.25) is 0 Å². The Morgan fingerprint density at radius 1 is 1.21 bits per heavy atom. The highest BCUT2D eigenvalue weighted by atomic mass is 16.5. The Morgan fingerprint density at radius 3 is 2.67 bits per heavy atom. The summed E-state index contributed by atoms with van der Waals surface area (Å²) in [5.41, 5.74) is 0.939. The van der Waals surface area contributed by atoms with Crippen LogP contribution < -0.4 is 11.0 Å². The first-order valence-electron chi connectivity index (χ1n) is 11.7. The highest BCUT2D eigenvalue weighted by Gasteiger charge is 2.24. The predicted molar refractivity (Wildman–Crippen MR) is 125 cm³/mol. The molecule has 0 aromatic carbocycles. The predicted octanol–water partition coefficient (Wildman–Crippen LogP) is 3.49. The Kier molecular flexibility index (Phi) is 6.72. The Morgan fingerprint density at radius 2 is 1.97 bits per heavy atom. The van der Waals surface area contributed by atoms with Crippen molar-refractivity contribution in [2.45, 2.75) is 59.4 Å². The molecule has 4 rings (SSSR count). The van der Waals surface area contributed by atoms with E-state index < -0.39 is 5.97 Å². The van der Waals surface area contributed by atoms with Crippen LogP contribution in [0.25, 0.3) is 16.7 Å². The molecule has 8 heteroatoms. The topological polar surface area (TPSA) is 95.0 Å². The van der Waals surface area contributed by atoms with Gasteiger partial charge in [-0.15, -0.1) is 0 Å². The van der Waals surface area contributed by atoms with Crippen molar-refractivity contribution in [3.8, 4) is 0 Å². The summed E-state index contributed by atoms with van der Waals surface area (Å²) < 4.78 is 8.46. The molecule has 1 aliphatic rings. The maximum atomic E-state index is 13.3. The molecule has 0 aliphatic heterocycles. The molecule has 0 N–H and O–H groups in total. The largest absolute Gasteiger partial charge is 0.462 e. The van der Waals surface area contributed by atoms with Crippen molar-refractivity contribution in [1.29, 1.82) is 0 Å². The van der Waals surface area contributed by atoms with Gasteiger partial charge in [0.05, 0.1) is 12.0 Å². The molecule has 0 bridgehead atoms. The fraction of sp³-hybridized carbons (Fsp3) is 0.480. The van der Waals surface area contributed by atoms with E-state index in [2.05, 4.69) is 4.99 Å². The van der Waals surface area contributed by atoms with Gasteiger partial charge in [-0.05, 0) is 43.9 Å². The first-order valence-corrected chi connectivity index (χ1v) is 11.7. The van der Waals surface area contributed by atoms with Crippen molar-refractivity contribution < 1.29 is 14.3 Å². The van der Waals surface area contributed by atoms with E-state index in [1.165, 1.54) is 10.5 Å². The summed E-state index contributed by atoms with van der Waals surface area (Å²) in [5, 5.41) is 0.284. The molecule has 3 heterocycles. The van der Waals surface area contributed by atoms with Gasteiger partial charge >= 0.3 is 5.97 Å². The average Bonchev–Trinajstić information content (AvgIpc) is 2.81. The lowest BCUT2D eigenvalue weighted by Gasteiger charge is -2.19. The SMILES string of the molecule is CCOC(=O)c1cc2c(=O)n3ccccc3nc2n(CC(C)C)c1=NC(=O)C1CCCCC1. The molecule has 0 saturated heterocycles. The standard InChI is InChI=1S/C25H30N4O4/c1-4-33-25(32)19-14-18-21(26-20-12-8-9-13-28(20)24(18)31)29(15-16(2)3)22(19)27-23(30)17-10-6-5-7-11-17/h8-9,12-14,16-17H,4-7,10-11,15H2,1-3H3. The average molecular weight is 451 g/mol. The molecule has 8 nitrogen and oxygen atoms in total. The number of esters is 1. The van der Waals surface area contributed by atoms with Gasteiger partial charge in [0.15, 0.2) is 5.49 Å². The molecule has 174 valence electrons. The van der Waals surface area contributed by atoms with E-state index in [1.807, 2.05) is 19.9 Å². The van der Waals surface area contributed by atoms with Crippen LogP contribution >= 0.6 is 0 Å². The first-order chi connectivity index (χ1) is 15.9. The van der Waals surface area contributed by atoms with E-state index in [1.54, 1.807) is 29.8 Å². The maximum Gasteiger partial charge on any atom is 0.341 e. The van der Waals surface area contributed by atoms with Crippen molar-refractivity contribution in [2.24, 2.45) is 16.8 Å². The van der Waals surface area contributed by atoms with Gasteiger partial charge in [0.25, 0.3) is 11.5 Å². The van der Waals surface area contributed by atoms with Crippen molar-refractivity contribution >= 4 is 28.6 Å². The van der Waals surface area contributed by atoms with Gasteiger partial charge in [-0.3, -0.25) is 14.0 Å². The number of amides is 1. The summed E-state index contributed by atoms with van der Waals surface area (Å²) >= 11 is 0. The first kappa shape index (κ1) is 22.9. The van der Waals surface area contributed by atoms with Crippen molar-refractivity contribution in [3.05, 3.63) is 51.9 Å². The van der Waals surface area contributed by atoms with Gasteiger partial charge in [-0.25, -0.2) is 9.78 Å². The van der Waals surface area contributed by atoms with Crippen LogP contribution in [0.1, 0.15) is 63.2 Å². The normalized spacial score (nSPS) is 15.5. The van der Waals surface area contributed by atoms with E-state index in [-0.39, 0.29) is 46.3 Å². The molecule has 0 atom stereocenters. The number of carbonyl (C=O) groups excluding carboxylic acids is 2. The summed E-state index contributed by atoms with van der Waals surface area (Å²) in [6, 6.07) is 6.80. The van der Waals surface area contributed by atoms with Crippen LogP contribution in [-0.4, -0.2) is 32.4 Å². The number of hydrogen-bond acceptors (Lipinski definition) is 5. The fourth-order valence-corrected chi connectivity index (χ4v) is 4.44. The number of rotatable bonds is 5. The van der Waals surface area contributed by atoms with Gasteiger partial charge in [0.1, 0.15) is 16.9 Å². The number of pyridine rings is 2. The molecule has 1 saturated carbocycles. The van der Waals surface area contributed by atoms with Crippen LogP contribution in [0.2, 0.25) is 0 Å². The van der Waals surface area contributed by atoms with Crippen molar-refractivity contribution in [3.63, 3.8) is 0 Å². The van der Waals surface area contributed by atoms with Crippen LogP contribution in [0.5, 0.6) is 0 Å². The minimum atomic E-state index is -0.607. The van der Waals surface area contributed by atoms with Gasteiger partial charge in [-0.2, -0.15) is 4.99 Å². The Hall–Kier alpha value is -3.29. The summed E-state index contributed by atoms with van der Waals surface area (Å²) in [6.45, 7) is 6.38. The number of ether oxygens (including phenoxy) is 1. The molecule has 0 radical (unpaired) electrons. The molecule has 0 spiro atoms. The monoisotopic (exact) mass is 450 g/mol. The zero-order chi connectivity index (χ0) is 23.5. The number of carbonyl (C=O) groups is 2. The Bertz CT molecular complexity index is 1330. The van der Waals surface area contributed by atoms with Crippen molar-refractivity contribution in [2.75, 3.05) is 6.61 Å². The van der Waals surface area contributed by atoms with Gasteiger partial charge in [0, 0.05) is 18.7 Å². The van der Waals surface area contributed by atoms with Crippen LogP contribution in [-0.2, 0) is 16.1 Å². The van der Waals surface area contributed by atoms with Gasteiger partial charge < -0.3 is 9.30 Å². The Balaban J connectivity index is 2.07. The molecule has 3 aromatic rings. The lowest BCUT2D eigenvalue weighted by molar-refractivity contribution is -0.122. The molecular weight excluding hydrogens is 420 g/mol. The molecular formula is C25H30N4O4. The minimum absolute atomic E-state index is 0.115. The highest BCUT2D eigenvalue weighted by molar-refractivity contribution is 5.93. The summed E-state index contributed by atoms with van der Waals surface area (Å²) in [4.78, 5) is 48.6. The van der Waals surface area contributed by atoms with E-state index in [4.69, 9.17) is 9.72 Å². The lowest BCUT2D eigenvalue weighted by Crippen LogP contribution is -2.34. The third-order valence-electron chi connectivity index (χ3n) is 6.00. The minimum Gasteiger partial charge on any atom is -0.462 e. The Labute approximate surface area is 191 Å². The van der Waals surface area contributed by atoms with E-state index in [9.17, 15) is 14.4 Å². The molecule has 1 fully saturated rings. The molecule has 1 aliphatic carbocycles. The van der Waals surface area contributed by atoms with E-state index in [0.717, 1.165) is 32.1 Å². The van der Waals surface area contributed by atoms with Crippen LogP contribution in [0, 0.1) is 11.8 Å². The maximum absolute atomic E-state index is 13.3. The number of aromatic nitrogens is 3. The fourth-order valence-electron chi connectivity index (χ4n) is 4.44. The smallest absolute Gasteiger partial charge is 0.341 e. The second-order valence-electron chi connectivity index (χ2n) is 8.97. The molecule has 0 unspecified atom stereocenters. The number of fused-ring (bicyclic) bond motifs is 2. The lowest BCUT2D eigenvalue weighted by atomic mass is 9.89. The quantitative estimate of drug-likeness (QED) is 0.438. The zero-order valence-corrected chi connectivity index (χ0v) is 19.4. The van der Waals surface area contributed by atoms with Crippen molar-refractivity contribution in [1.82, 2.24) is 14.0 Å². The number of hydrogen-bond donors (Lipinski definition) is 0. The second kappa shape index (κ2) is 9.68. The van der Waals surface area contributed by atoms with E-state index in [0.29, 0.717) is 17.8 Å². The van der Waals surface area contributed by atoms with Crippen LogP contribution in [0.3, 0.4) is 0 Å². The molecule has 33 heavy (non-hydrogen) atoms. The highest BCUT2D eigenvalue weighted by Crippen LogP contribution is 2.24. The number of nitrogens with zero attached hydrogens (tertiary/aromatic N) is 4.